The van der Waals surface area contributed by atoms with Gasteiger partial charge in [-0.3, -0.25) is 4.79 Å². The Hall–Kier alpha value is -0.210. The summed E-state index contributed by atoms with van der Waals surface area (Å²) in [7, 11) is 0. The minimum absolute atomic E-state index is 0.0539. The van der Waals surface area contributed by atoms with E-state index >= 15 is 0 Å². The monoisotopic (exact) mass is 294 g/mol. The van der Waals surface area contributed by atoms with Gasteiger partial charge in [0, 0.05) is 11.5 Å². The number of benzene rings is 1. The fourth-order valence-electron chi connectivity index (χ4n) is 1.83. The molecule has 0 aromatic heterocycles. The van der Waals surface area contributed by atoms with Crippen LogP contribution in [0.15, 0.2) is 33.8 Å². The van der Waals surface area contributed by atoms with E-state index < -0.39 is 11.3 Å². The van der Waals surface area contributed by atoms with Crippen LogP contribution in [-0.2, 0) is 0 Å². The first-order chi connectivity index (χ1) is 7.54. The number of ketones is 1. The first-order valence-electron chi connectivity index (χ1n) is 4.52. The molecule has 0 bridgehead atoms. The first kappa shape index (κ1) is 12.3. The summed E-state index contributed by atoms with van der Waals surface area (Å²) in [6.45, 7) is 0. The number of allylic oxidation sites excluding steroid dienone is 1. The second kappa shape index (κ2) is 4.58. The molecule has 0 saturated carbocycles. The lowest BCUT2D eigenvalue weighted by Gasteiger charge is -2.13. The number of carbonyl (C=O) groups is 1. The SMILES string of the molecule is O=C1c2ccccc2[C@@H](C(Cl)=C(Cl)Cl)[C@@H]1Cl. The highest BCUT2D eigenvalue weighted by atomic mass is 35.5. The molecule has 0 heterocycles. The second-order valence-corrected chi connectivity index (χ2v) is 5.27. The summed E-state index contributed by atoms with van der Waals surface area (Å²) in [4.78, 5) is 11.8. The molecule has 0 radical (unpaired) electrons. The number of rotatable bonds is 1. The fourth-order valence-corrected chi connectivity index (χ4v) is 2.76. The lowest BCUT2D eigenvalue weighted by Crippen LogP contribution is -2.13. The predicted octanol–water partition coefficient (Wildman–Crippen LogP) is 4.46. The van der Waals surface area contributed by atoms with E-state index in [1.807, 2.05) is 6.07 Å². The molecule has 0 fully saturated rings. The predicted molar refractivity (Wildman–Crippen MR) is 67.7 cm³/mol. The first-order valence-corrected chi connectivity index (χ1v) is 6.09. The summed E-state index contributed by atoms with van der Waals surface area (Å²) in [6, 6.07) is 7.13. The summed E-state index contributed by atoms with van der Waals surface area (Å²) in [6.07, 6.45) is 0. The van der Waals surface area contributed by atoms with Gasteiger partial charge in [0.05, 0.1) is 5.03 Å². The maximum atomic E-state index is 11.8. The van der Waals surface area contributed by atoms with Crippen LogP contribution >= 0.6 is 46.4 Å². The van der Waals surface area contributed by atoms with Crippen LogP contribution in [0.25, 0.3) is 0 Å². The van der Waals surface area contributed by atoms with Crippen molar-refractivity contribution < 1.29 is 4.79 Å². The third-order valence-electron chi connectivity index (χ3n) is 2.56. The van der Waals surface area contributed by atoms with Crippen molar-refractivity contribution in [1.82, 2.24) is 0 Å². The zero-order valence-electron chi connectivity index (χ0n) is 7.88. The lowest BCUT2D eigenvalue weighted by atomic mass is 10.0. The number of hydrogen-bond acceptors (Lipinski definition) is 1. The molecule has 0 N–H and O–H groups in total. The van der Waals surface area contributed by atoms with Crippen LogP contribution in [0, 0.1) is 0 Å². The largest absolute Gasteiger partial charge is 0.292 e. The molecule has 0 amide bonds. The van der Waals surface area contributed by atoms with Crippen molar-refractivity contribution in [2.45, 2.75) is 11.3 Å². The van der Waals surface area contributed by atoms with Gasteiger partial charge in [0.25, 0.3) is 0 Å². The topological polar surface area (TPSA) is 17.1 Å². The van der Waals surface area contributed by atoms with E-state index in [1.165, 1.54) is 0 Å². The Morgan fingerprint density at radius 2 is 1.75 bits per heavy atom. The molecule has 2 atom stereocenters. The van der Waals surface area contributed by atoms with Crippen molar-refractivity contribution in [2.75, 3.05) is 0 Å². The van der Waals surface area contributed by atoms with Crippen molar-refractivity contribution in [3.8, 4) is 0 Å². The molecule has 16 heavy (non-hydrogen) atoms. The number of fused-ring (bicyclic) bond motifs is 1. The van der Waals surface area contributed by atoms with E-state index in [9.17, 15) is 4.79 Å². The van der Waals surface area contributed by atoms with Crippen LogP contribution in [-0.4, -0.2) is 11.2 Å². The summed E-state index contributed by atoms with van der Waals surface area (Å²) in [5, 5.41) is -0.529. The Bertz CT molecular complexity index is 477. The molecule has 1 aliphatic rings. The maximum absolute atomic E-state index is 11.8. The average molecular weight is 296 g/mol. The Morgan fingerprint density at radius 3 is 2.38 bits per heavy atom. The van der Waals surface area contributed by atoms with Gasteiger partial charge in [0.1, 0.15) is 9.87 Å². The van der Waals surface area contributed by atoms with Crippen LogP contribution in [0.3, 0.4) is 0 Å². The van der Waals surface area contributed by atoms with Gasteiger partial charge in [-0.15, -0.1) is 11.6 Å². The van der Waals surface area contributed by atoms with E-state index in [2.05, 4.69) is 0 Å². The summed E-state index contributed by atoms with van der Waals surface area (Å²) < 4.78 is -0.0539. The van der Waals surface area contributed by atoms with Gasteiger partial charge < -0.3 is 0 Å². The molecule has 5 heteroatoms. The highest BCUT2D eigenvalue weighted by Gasteiger charge is 2.40. The summed E-state index contributed by atoms with van der Waals surface area (Å²) in [5.41, 5.74) is 1.36. The quantitative estimate of drug-likeness (QED) is 0.699. The minimum atomic E-state index is -0.739. The number of halogens is 4. The van der Waals surface area contributed by atoms with Crippen LogP contribution in [0.4, 0.5) is 0 Å². The molecule has 1 aromatic rings. The van der Waals surface area contributed by atoms with E-state index in [0.29, 0.717) is 5.56 Å². The van der Waals surface area contributed by atoms with Crippen molar-refractivity contribution in [3.63, 3.8) is 0 Å². The zero-order chi connectivity index (χ0) is 11.9. The van der Waals surface area contributed by atoms with Gasteiger partial charge in [-0.05, 0) is 5.56 Å². The highest BCUT2D eigenvalue weighted by Crippen LogP contribution is 2.44. The van der Waals surface area contributed by atoms with E-state index in [0.717, 1.165) is 5.56 Å². The van der Waals surface area contributed by atoms with Crippen LogP contribution in [0.2, 0.25) is 0 Å². The standard InChI is InChI=1S/C11H6Cl4O/c12-8-7(9(13)11(14)15)5-3-1-2-4-6(5)10(8)16/h1-4,7-8H/t7-,8+/m1/s1. The fraction of sp³-hybridized carbons (Fsp3) is 0.182. The van der Waals surface area contributed by atoms with E-state index in [-0.39, 0.29) is 15.3 Å². The molecule has 1 aromatic carbocycles. The second-order valence-electron chi connectivity index (χ2n) is 3.44. The molecular formula is C11H6Cl4O. The van der Waals surface area contributed by atoms with Crippen molar-refractivity contribution in [1.29, 1.82) is 0 Å². The molecule has 0 unspecified atom stereocenters. The summed E-state index contributed by atoms with van der Waals surface area (Å²) >= 11 is 23.3. The highest BCUT2D eigenvalue weighted by molar-refractivity contribution is 6.59. The molecule has 0 saturated heterocycles. The molecule has 1 nitrogen and oxygen atoms in total. The van der Waals surface area contributed by atoms with Gasteiger partial charge in [-0.2, -0.15) is 0 Å². The van der Waals surface area contributed by atoms with E-state index in [4.69, 9.17) is 46.4 Å². The Labute approximate surface area is 113 Å². The van der Waals surface area contributed by atoms with Crippen molar-refractivity contribution in [2.24, 2.45) is 0 Å². The summed E-state index contributed by atoms with van der Waals surface area (Å²) in [5.74, 6) is -0.591. The minimum Gasteiger partial charge on any atom is -0.292 e. The molecule has 2 rings (SSSR count). The molecule has 0 spiro atoms. The Morgan fingerprint density at radius 1 is 1.12 bits per heavy atom. The maximum Gasteiger partial charge on any atom is 0.181 e. The van der Waals surface area contributed by atoms with Gasteiger partial charge in [-0.25, -0.2) is 0 Å². The molecule has 84 valence electrons. The van der Waals surface area contributed by atoms with Crippen LogP contribution in [0.5, 0.6) is 0 Å². The average Bonchev–Trinajstić information content (AvgIpc) is 2.52. The Kier molecular flexibility index (Phi) is 3.50. The normalized spacial score (nSPS) is 23.1. The van der Waals surface area contributed by atoms with Crippen LogP contribution in [0.1, 0.15) is 21.8 Å². The molecule has 1 aliphatic carbocycles. The zero-order valence-corrected chi connectivity index (χ0v) is 10.9. The number of Topliss-reactive ketones (excluding diaryl/α,β-unsaturated/α-hetero) is 1. The smallest absolute Gasteiger partial charge is 0.181 e. The van der Waals surface area contributed by atoms with Gasteiger partial charge in [0.15, 0.2) is 5.78 Å². The number of hydrogen-bond donors (Lipinski definition) is 0. The van der Waals surface area contributed by atoms with Gasteiger partial charge >= 0.3 is 0 Å². The van der Waals surface area contributed by atoms with Gasteiger partial charge in [0.2, 0.25) is 0 Å². The number of alkyl halides is 1. The van der Waals surface area contributed by atoms with Crippen LogP contribution < -0.4 is 0 Å². The third kappa shape index (κ3) is 1.86. The number of carbonyl (C=O) groups excluding carboxylic acids is 1. The Balaban J connectivity index is 2.58. The lowest BCUT2D eigenvalue weighted by molar-refractivity contribution is 0.0995. The van der Waals surface area contributed by atoms with Crippen molar-refractivity contribution >= 4 is 52.2 Å². The molecular weight excluding hydrogens is 290 g/mol. The third-order valence-corrected chi connectivity index (χ3v) is 4.03. The molecule has 0 aliphatic heterocycles. The van der Waals surface area contributed by atoms with E-state index in [1.54, 1.807) is 18.2 Å². The van der Waals surface area contributed by atoms with Crippen molar-refractivity contribution in [3.05, 3.63) is 44.9 Å². The van der Waals surface area contributed by atoms with Gasteiger partial charge in [-0.1, -0.05) is 59.1 Å².